The van der Waals surface area contributed by atoms with Gasteiger partial charge in [0, 0.05) is 13.1 Å². The first-order valence-electron chi connectivity index (χ1n) is 14.7. The van der Waals surface area contributed by atoms with Crippen molar-refractivity contribution in [1.29, 1.82) is 0 Å². The van der Waals surface area contributed by atoms with Crippen molar-refractivity contribution in [1.82, 2.24) is 4.90 Å². The quantitative estimate of drug-likeness (QED) is 0.0976. The first-order valence-corrected chi connectivity index (χ1v) is 16.4. The van der Waals surface area contributed by atoms with Crippen molar-refractivity contribution >= 4 is 35.1 Å². The molecule has 6 aromatic carbocycles. The second kappa shape index (κ2) is 13.9. The molecule has 0 amide bonds. The van der Waals surface area contributed by atoms with Crippen LogP contribution >= 0.6 is 7.49 Å². The standard InChI is InChI=1S/C39H33N2O2P/c42-39(41(30-32-18-6-1-7-19-32)31-33-20-8-2-9-21-33)40-37-28-16-17-29-38(37)43-44(34-22-10-3-11-23-34,35-24-12-4-13-25-35)36-26-14-5-15-27-36/h1-29H,30-31H2. The van der Waals surface area contributed by atoms with E-state index in [2.05, 4.69) is 36.4 Å². The summed E-state index contributed by atoms with van der Waals surface area (Å²) in [7, 11) is -2.66. The van der Waals surface area contributed by atoms with Crippen LogP contribution < -0.4 is 25.5 Å². The lowest BCUT2D eigenvalue weighted by molar-refractivity contribution is -0.236. The Kier molecular flexibility index (Phi) is 9.11. The minimum atomic E-state index is -2.66. The summed E-state index contributed by atoms with van der Waals surface area (Å²) in [4.78, 5) is 6.47. The van der Waals surface area contributed by atoms with E-state index in [-0.39, 0.29) is 6.02 Å². The smallest absolute Gasteiger partial charge is 0.287 e. The third-order valence-corrected chi connectivity index (χ3v) is 10.9. The van der Waals surface area contributed by atoms with Gasteiger partial charge in [-0.05, 0) is 59.7 Å². The number of hydrogen-bond donors (Lipinski definition) is 0. The number of benzene rings is 6. The maximum Gasteiger partial charge on any atom is 0.287 e. The van der Waals surface area contributed by atoms with Crippen LogP contribution in [-0.2, 0) is 13.1 Å². The highest BCUT2D eigenvalue weighted by Crippen LogP contribution is 2.57. The molecule has 0 aliphatic carbocycles. The van der Waals surface area contributed by atoms with E-state index in [1.807, 2.05) is 140 Å². The fourth-order valence-electron chi connectivity index (χ4n) is 5.27. The molecule has 4 nitrogen and oxygen atoms in total. The van der Waals surface area contributed by atoms with Crippen molar-refractivity contribution in [2.75, 3.05) is 0 Å². The van der Waals surface area contributed by atoms with Gasteiger partial charge in [-0.15, -0.1) is 0 Å². The van der Waals surface area contributed by atoms with E-state index < -0.39 is 7.49 Å². The fourth-order valence-corrected chi connectivity index (χ4v) is 8.70. The van der Waals surface area contributed by atoms with Crippen molar-refractivity contribution in [3.8, 4) is 5.75 Å². The van der Waals surface area contributed by atoms with Crippen LogP contribution in [0.4, 0.5) is 5.69 Å². The molecule has 0 unspecified atom stereocenters. The van der Waals surface area contributed by atoms with E-state index in [9.17, 15) is 5.11 Å². The summed E-state index contributed by atoms with van der Waals surface area (Å²) >= 11 is 0. The number of amidine groups is 1. The molecule has 216 valence electrons. The average Bonchev–Trinajstić information content (AvgIpc) is 3.10. The van der Waals surface area contributed by atoms with E-state index in [1.54, 1.807) is 4.90 Å². The molecule has 0 heterocycles. The van der Waals surface area contributed by atoms with E-state index >= 15 is 0 Å². The lowest BCUT2D eigenvalue weighted by Gasteiger charge is -2.30. The van der Waals surface area contributed by atoms with Gasteiger partial charge in [-0.25, -0.2) is 4.99 Å². The number of para-hydroxylation sites is 2. The minimum absolute atomic E-state index is 0.322. The molecule has 0 aromatic heterocycles. The summed E-state index contributed by atoms with van der Waals surface area (Å²) in [6.45, 7) is 0.881. The van der Waals surface area contributed by atoms with Crippen LogP contribution in [0.3, 0.4) is 0 Å². The zero-order valence-electron chi connectivity index (χ0n) is 24.3. The summed E-state index contributed by atoms with van der Waals surface area (Å²) in [5.74, 6) is 0.560. The third kappa shape index (κ3) is 6.57. The molecule has 6 aromatic rings. The van der Waals surface area contributed by atoms with E-state index in [0.29, 0.717) is 24.5 Å². The Hall–Kier alpha value is -5.18. The fraction of sp³-hybridized carbons (Fsp3) is 0.0513. The average molecular weight is 593 g/mol. The zero-order chi connectivity index (χ0) is 30.0. The molecule has 5 heteroatoms. The van der Waals surface area contributed by atoms with Crippen LogP contribution in [0.1, 0.15) is 11.1 Å². The summed E-state index contributed by atoms with van der Waals surface area (Å²) in [6.07, 6.45) is 0. The highest BCUT2D eigenvalue weighted by atomic mass is 31.2. The molecular formula is C39H33N2O2P. The zero-order valence-corrected chi connectivity index (χ0v) is 25.2. The molecule has 0 fully saturated rings. The molecule has 0 N–H and O–H groups in total. The monoisotopic (exact) mass is 592 g/mol. The molecule has 6 rings (SSSR count). The second-order valence-electron chi connectivity index (χ2n) is 10.4. The van der Waals surface area contributed by atoms with Crippen LogP contribution in [0.5, 0.6) is 5.75 Å². The Morgan fingerprint density at radius 2 is 0.864 bits per heavy atom. The van der Waals surface area contributed by atoms with E-state index in [1.165, 1.54) is 0 Å². The lowest BCUT2D eigenvalue weighted by atomic mass is 10.2. The molecule has 0 spiro atoms. The van der Waals surface area contributed by atoms with Crippen LogP contribution in [0.25, 0.3) is 0 Å². The molecule has 0 saturated heterocycles. The minimum Gasteiger partial charge on any atom is -0.846 e. The Bertz CT molecular complexity index is 1640. The maximum atomic E-state index is 14.0. The molecule has 0 aliphatic rings. The first-order chi connectivity index (χ1) is 21.7. The highest BCUT2D eigenvalue weighted by Gasteiger charge is 2.49. The van der Waals surface area contributed by atoms with Crippen molar-refractivity contribution in [3.05, 3.63) is 187 Å². The van der Waals surface area contributed by atoms with Crippen molar-refractivity contribution in [2.45, 2.75) is 13.1 Å². The normalized spacial score (nSPS) is 11.6. The molecule has 0 aliphatic heterocycles. The van der Waals surface area contributed by atoms with Crippen LogP contribution in [0.15, 0.2) is 181 Å². The Labute approximate surface area is 260 Å². The van der Waals surface area contributed by atoms with Gasteiger partial charge in [0.05, 0.1) is 6.02 Å². The molecule has 0 atom stereocenters. The van der Waals surface area contributed by atoms with Gasteiger partial charge in [0.15, 0.2) is 0 Å². The Balaban J connectivity index is 1.45. The second-order valence-corrected chi connectivity index (χ2v) is 13.3. The molecule has 44 heavy (non-hydrogen) atoms. The van der Waals surface area contributed by atoms with Crippen LogP contribution in [0.2, 0.25) is 0 Å². The number of nitrogens with zero attached hydrogens (tertiary/aromatic N) is 2. The summed E-state index contributed by atoms with van der Waals surface area (Å²) < 4.78 is 7.26. The SMILES string of the molecule is [O-]C(=Nc1ccccc1O[P+](c1ccccc1)(c1ccccc1)c1ccccc1)N(Cc1ccccc1)Cc1ccccc1. The predicted octanol–water partition coefficient (Wildman–Crippen LogP) is 7.02. The van der Waals surface area contributed by atoms with Crippen molar-refractivity contribution in [3.63, 3.8) is 0 Å². The largest absolute Gasteiger partial charge is 0.846 e. The molecule has 0 saturated carbocycles. The Morgan fingerprint density at radius 1 is 0.500 bits per heavy atom. The number of hydrogen-bond acceptors (Lipinski definition) is 3. The highest BCUT2D eigenvalue weighted by molar-refractivity contribution is 7.92. The molecule has 0 radical (unpaired) electrons. The van der Waals surface area contributed by atoms with Crippen molar-refractivity contribution in [2.24, 2.45) is 4.99 Å². The van der Waals surface area contributed by atoms with Crippen molar-refractivity contribution < 1.29 is 9.63 Å². The predicted molar refractivity (Wildman–Crippen MR) is 181 cm³/mol. The van der Waals surface area contributed by atoms with Gasteiger partial charge in [0.2, 0.25) is 5.75 Å². The summed E-state index contributed by atoms with van der Waals surface area (Å²) in [5.41, 5.74) is 2.58. The topological polar surface area (TPSA) is 47.9 Å². The van der Waals surface area contributed by atoms with Gasteiger partial charge in [-0.1, -0.05) is 127 Å². The molecular weight excluding hydrogens is 559 g/mol. The van der Waals surface area contributed by atoms with Gasteiger partial charge in [-0.3, -0.25) is 0 Å². The van der Waals surface area contributed by atoms with Gasteiger partial charge in [-0.2, -0.15) is 0 Å². The van der Waals surface area contributed by atoms with E-state index in [0.717, 1.165) is 27.0 Å². The maximum absolute atomic E-state index is 14.0. The van der Waals surface area contributed by atoms with Gasteiger partial charge in [0.1, 0.15) is 21.6 Å². The van der Waals surface area contributed by atoms with Crippen LogP contribution in [-0.4, -0.2) is 10.9 Å². The van der Waals surface area contributed by atoms with Gasteiger partial charge in [0.25, 0.3) is 7.49 Å². The van der Waals surface area contributed by atoms with E-state index in [4.69, 9.17) is 9.52 Å². The van der Waals surface area contributed by atoms with Crippen LogP contribution in [0, 0.1) is 0 Å². The van der Waals surface area contributed by atoms with Gasteiger partial charge >= 0.3 is 0 Å². The third-order valence-electron chi connectivity index (χ3n) is 7.38. The van der Waals surface area contributed by atoms with Gasteiger partial charge < -0.3 is 14.5 Å². The summed E-state index contributed by atoms with van der Waals surface area (Å²) in [6, 6.07) is 58.4. The first kappa shape index (κ1) is 28.9. The number of rotatable bonds is 10. The Morgan fingerprint density at radius 3 is 1.30 bits per heavy atom. The number of aliphatic imine (C=N–C) groups is 1. The lowest BCUT2D eigenvalue weighted by Crippen LogP contribution is -2.39. The summed E-state index contributed by atoms with van der Waals surface area (Å²) in [5, 5.41) is 17.2. The molecule has 0 bridgehead atoms.